The van der Waals surface area contributed by atoms with Crippen molar-refractivity contribution in [2.45, 2.75) is 136 Å². The summed E-state index contributed by atoms with van der Waals surface area (Å²) < 4.78 is 6.61. The van der Waals surface area contributed by atoms with Gasteiger partial charge in [-0.1, -0.05) is 63.8 Å². The molecule has 0 radical (unpaired) electrons. The lowest BCUT2D eigenvalue weighted by molar-refractivity contribution is -0.118. The minimum atomic E-state index is 0.443. The Kier molecular flexibility index (Phi) is 10.1. The Labute approximate surface area is 245 Å². The van der Waals surface area contributed by atoms with Crippen molar-refractivity contribution in [2.75, 3.05) is 13.7 Å². The molecule has 0 bridgehead atoms. The maximum atomic E-state index is 12.3. The molecule has 3 heteroatoms. The lowest BCUT2D eigenvalue weighted by atomic mass is 9.50. The normalized spacial score (nSPS) is 31.4. The zero-order valence-corrected chi connectivity index (χ0v) is 26.1. The highest BCUT2D eigenvalue weighted by molar-refractivity contribution is 5.80. The van der Waals surface area contributed by atoms with Gasteiger partial charge in [0.15, 0.2) is 0 Å². The molecule has 5 rings (SSSR count). The molecule has 4 aliphatic carbocycles. The van der Waals surface area contributed by atoms with Crippen LogP contribution >= 0.6 is 0 Å². The average molecular weight is 548 g/mol. The van der Waals surface area contributed by atoms with E-state index in [9.17, 15) is 4.79 Å². The first-order valence-electron chi connectivity index (χ1n) is 17.1. The molecule has 4 aliphatic rings. The van der Waals surface area contributed by atoms with Gasteiger partial charge in [0.05, 0.1) is 6.61 Å². The molecule has 3 nitrogen and oxygen atoms in total. The molecule has 1 aromatic carbocycles. The largest absolute Gasteiger partial charge is 0.494 e. The van der Waals surface area contributed by atoms with E-state index in [2.05, 4.69) is 63.1 Å². The maximum Gasteiger partial charge on any atom is 0.136 e. The number of benzene rings is 1. The second kappa shape index (κ2) is 13.6. The van der Waals surface area contributed by atoms with E-state index in [-0.39, 0.29) is 0 Å². The number of ether oxygens (including phenoxy) is 1. The molecule has 3 fully saturated rings. The third-order valence-corrected chi connectivity index (χ3v) is 12.1. The molecule has 1 aromatic rings. The van der Waals surface area contributed by atoms with Crippen molar-refractivity contribution < 1.29 is 9.53 Å². The molecule has 6 unspecified atom stereocenters. The minimum Gasteiger partial charge on any atom is -0.494 e. The molecule has 0 heterocycles. The van der Waals surface area contributed by atoms with Crippen LogP contribution < -0.4 is 4.74 Å². The number of Topliss-reactive ketones (excluding diaryl/α,β-unsaturated/α-hetero) is 1. The highest BCUT2D eigenvalue weighted by atomic mass is 16.5. The van der Waals surface area contributed by atoms with E-state index < -0.39 is 0 Å². The number of nitrogens with zero attached hydrogens (tertiary/aromatic N) is 1. The third kappa shape index (κ3) is 6.25. The van der Waals surface area contributed by atoms with E-state index in [4.69, 9.17) is 4.74 Å². The van der Waals surface area contributed by atoms with Gasteiger partial charge in [-0.3, -0.25) is 9.69 Å². The van der Waals surface area contributed by atoms with Crippen LogP contribution in [0.15, 0.2) is 35.9 Å². The fourth-order valence-electron chi connectivity index (χ4n) is 9.98. The molecule has 3 saturated carbocycles. The molecule has 0 saturated heterocycles. The van der Waals surface area contributed by atoms with Gasteiger partial charge in [0, 0.05) is 24.9 Å². The minimum absolute atomic E-state index is 0.443. The number of fused-ring (bicyclic) bond motifs is 5. The summed E-state index contributed by atoms with van der Waals surface area (Å²) in [5, 5.41) is 0. The van der Waals surface area contributed by atoms with Crippen molar-refractivity contribution in [3.8, 4) is 5.75 Å². The van der Waals surface area contributed by atoms with Crippen LogP contribution in [0.4, 0.5) is 0 Å². The quantitative estimate of drug-likeness (QED) is 0.273. The van der Waals surface area contributed by atoms with Crippen LogP contribution in [0, 0.1) is 29.1 Å². The van der Waals surface area contributed by atoms with Crippen LogP contribution in [-0.4, -0.2) is 30.4 Å². The SMILES string of the molecule is CCC(CC)N(C)C(CC)c1cccc(OCCC23CCCCCC2C2CCC4=CCC(=O)CCC4C2CC3)c1. The highest BCUT2D eigenvalue weighted by Crippen LogP contribution is 2.61. The summed E-state index contributed by atoms with van der Waals surface area (Å²) in [6.45, 7) is 7.78. The fraction of sp³-hybridized carbons (Fsp3) is 0.757. The van der Waals surface area contributed by atoms with Gasteiger partial charge in [0.2, 0.25) is 0 Å². The zero-order valence-electron chi connectivity index (χ0n) is 26.1. The second-order valence-electron chi connectivity index (χ2n) is 13.9. The molecule has 0 N–H and O–H groups in total. The number of rotatable bonds is 10. The van der Waals surface area contributed by atoms with Crippen LogP contribution in [0.3, 0.4) is 0 Å². The Balaban J connectivity index is 1.27. The van der Waals surface area contributed by atoms with Gasteiger partial charge in [-0.25, -0.2) is 0 Å². The molecular formula is C37H57NO2. The molecule has 0 aliphatic heterocycles. The van der Waals surface area contributed by atoms with Crippen LogP contribution in [0.5, 0.6) is 5.75 Å². The van der Waals surface area contributed by atoms with Gasteiger partial charge in [0.25, 0.3) is 0 Å². The summed E-state index contributed by atoms with van der Waals surface area (Å²) in [4.78, 5) is 14.8. The summed E-state index contributed by atoms with van der Waals surface area (Å²) in [6, 6.07) is 10.1. The zero-order chi connectivity index (χ0) is 28.1. The Morgan fingerprint density at radius 2 is 1.80 bits per heavy atom. The number of carbonyl (C=O) groups excluding carboxylic acids is 1. The predicted molar refractivity (Wildman–Crippen MR) is 167 cm³/mol. The maximum absolute atomic E-state index is 12.3. The number of allylic oxidation sites excluding steroid dienone is 2. The molecule has 40 heavy (non-hydrogen) atoms. The number of hydrogen-bond donors (Lipinski definition) is 0. The fourth-order valence-corrected chi connectivity index (χ4v) is 9.98. The van der Waals surface area contributed by atoms with Crippen molar-refractivity contribution in [1.29, 1.82) is 0 Å². The van der Waals surface area contributed by atoms with Gasteiger partial charge in [-0.15, -0.1) is 0 Å². The van der Waals surface area contributed by atoms with Crippen molar-refractivity contribution in [3.05, 3.63) is 41.5 Å². The third-order valence-electron chi connectivity index (χ3n) is 12.1. The monoisotopic (exact) mass is 547 g/mol. The molecule has 6 atom stereocenters. The summed E-state index contributed by atoms with van der Waals surface area (Å²) >= 11 is 0. The van der Waals surface area contributed by atoms with Crippen LogP contribution in [0.1, 0.15) is 135 Å². The number of hydrogen-bond acceptors (Lipinski definition) is 3. The summed E-state index contributed by atoms with van der Waals surface area (Å²) in [5.74, 6) is 4.73. The van der Waals surface area contributed by atoms with Crippen molar-refractivity contribution in [3.63, 3.8) is 0 Å². The van der Waals surface area contributed by atoms with Gasteiger partial charge in [-0.05, 0) is 124 Å². The van der Waals surface area contributed by atoms with Crippen LogP contribution in [-0.2, 0) is 4.79 Å². The summed E-state index contributed by atoms with van der Waals surface area (Å²) in [5.41, 5.74) is 3.50. The molecule has 0 aromatic heterocycles. The molecule has 0 spiro atoms. The van der Waals surface area contributed by atoms with E-state index in [0.29, 0.717) is 35.6 Å². The smallest absolute Gasteiger partial charge is 0.136 e. The van der Waals surface area contributed by atoms with Gasteiger partial charge < -0.3 is 4.74 Å². The number of carbonyl (C=O) groups is 1. The second-order valence-corrected chi connectivity index (χ2v) is 13.9. The van der Waals surface area contributed by atoms with Gasteiger partial charge in [0.1, 0.15) is 11.5 Å². The molecule has 222 valence electrons. The molecule has 0 amide bonds. The Morgan fingerprint density at radius 3 is 2.60 bits per heavy atom. The van der Waals surface area contributed by atoms with E-state index >= 15 is 0 Å². The van der Waals surface area contributed by atoms with E-state index in [1.54, 1.807) is 5.57 Å². The topological polar surface area (TPSA) is 29.5 Å². The average Bonchev–Trinajstić information content (AvgIpc) is 3.30. The lowest BCUT2D eigenvalue weighted by Crippen LogP contribution is -2.47. The van der Waals surface area contributed by atoms with Crippen LogP contribution in [0.25, 0.3) is 0 Å². The van der Waals surface area contributed by atoms with Crippen molar-refractivity contribution in [1.82, 2.24) is 4.90 Å². The number of ketones is 1. The predicted octanol–water partition coefficient (Wildman–Crippen LogP) is 9.71. The van der Waals surface area contributed by atoms with Crippen molar-refractivity contribution >= 4 is 5.78 Å². The Morgan fingerprint density at radius 1 is 0.950 bits per heavy atom. The standard InChI is InChI=1S/C37H57NO2/c1-5-29(6-2)38(4)36(7-3)28-12-11-13-31(26-28)40-25-24-37-22-10-8-9-14-35(37)34-19-16-27-15-17-30(39)18-20-32(27)33(34)21-23-37/h11-13,15,26,29,32-36H,5-10,14,16-25H2,1-4H3. The summed E-state index contributed by atoms with van der Waals surface area (Å²) in [7, 11) is 2.30. The summed E-state index contributed by atoms with van der Waals surface area (Å²) in [6.07, 6.45) is 22.1. The first kappa shape index (κ1) is 29.9. The Bertz CT molecular complexity index is 1010. The van der Waals surface area contributed by atoms with Crippen molar-refractivity contribution in [2.24, 2.45) is 29.1 Å². The van der Waals surface area contributed by atoms with Gasteiger partial charge >= 0.3 is 0 Å². The Hall–Kier alpha value is -1.61. The lowest BCUT2D eigenvalue weighted by Gasteiger charge is -2.55. The van der Waals surface area contributed by atoms with E-state index in [1.807, 2.05) is 0 Å². The first-order chi connectivity index (χ1) is 19.5. The molecular weight excluding hydrogens is 490 g/mol. The highest BCUT2D eigenvalue weighted by Gasteiger charge is 2.52. The van der Waals surface area contributed by atoms with E-state index in [1.165, 1.54) is 82.6 Å². The van der Waals surface area contributed by atoms with Crippen LogP contribution in [0.2, 0.25) is 0 Å². The first-order valence-corrected chi connectivity index (χ1v) is 17.1. The van der Waals surface area contributed by atoms with E-state index in [0.717, 1.165) is 49.4 Å². The van der Waals surface area contributed by atoms with Gasteiger partial charge in [-0.2, -0.15) is 0 Å².